The Kier molecular flexibility index (Phi) is 4.99. The molecule has 1 N–H and O–H groups in total. The van der Waals surface area contributed by atoms with E-state index in [-0.39, 0.29) is 17.1 Å². The fourth-order valence-corrected chi connectivity index (χ4v) is 1.67. The van der Waals surface area contributed by atoms with Crippen molar-refractivity contribution >= 4 is 17.5 Å². The molecule has 0 amide bonds. The monoisotopic (exact) mass is 265 g/mol. The van der Waals surface area contributed by atoms with Gasteiger partial charge in [-0.3, -0.25) is 10.1 Å². The highest BCUT2D eigenvalue weighted by Gasteiger charge is 2.20. The molecular formula is C12H15N3O4. The third-order valence-electron chi connectivity index (χ3n) is 2.44. The molecule has 7 heteroatoms. The minimum atomic E-state index is -1.24. The van der Waals surface area contributed by atoms with Crippen molar-refractivity contribution in [2.75, 3.05) is 18.0 Å². The van der Waals surface area contributed by atoms with Crippen LogP contribution in [0.1, 0.15) is 23.7 Å². The van der Waals surface area contributed by atoms with Crippen LogP contribution in [0.25, 0.3) is 0 Å². The maximum atomic E-state index is 11.2. The van der Waals surface area contributed by atoms with Crippen LogP contribution < -0.4 is 4.90 Å². The lowest BCUT2D eigenvalue weighted by Crippen LogP contribution is -2.27. The molecule has 0 saturated carbocycles. The van der Waals surface area contributed by atoms with Crippen LogP contribution in [-0.4, -0.2) is 34.1 Å². The first-order valence-electron chi connectivity index (χ1n) is 5.74. The van der Waals surface area contributed by atoms with E-state index in [1.807, 2.05) is 6.92 Å². The van der Waals surface area contributed by atoms with E-state index in [9.17, 15) is 14.9 Å². The topological polar surface area (TPSA) is 96.6 Å². The van der Waals surface area contributed by atoms with Crippen LogP contribution in [0.15, 0.2) is 24.9 Å². The fourth-order valence-electron chi connectivity index (χ4n) is 1.67. The number of rotatable bonds is 7. The SMILES string of the molecule is C=CCN(CCC)c1ncc([N+](=O)[O-])cc1C(=O)O. The normalized spacial score (nSPS) is 9.95. The Morgan fingerprint density at radius 3 is 2.84 bits per heavy atom. The van der Waals surface area contributed by atoms with Gasteiger partial charge in [0.2, 0.25) is 0 Å². The predicted octanol–water partition coefficient (Wildman–Crippen LogP) is 2.09. The molecule has 0 atom stereocenters. The van der Waals surface area contributed by atoms with E-state index >= 15 is 0 Å². The van der Waals surface area contributed by atoms with Gasteiger partial charge in [-0.05, 0) is 6.42 Å². The Hall–Kier alpha value is -2.44. The first kappa shape index (κ1) is 14.6. The summed E-state index contributed by atoms with van der Waals surface area (Å²) in [5.74, 6) is -1.02. The van der Waals surface area contributed by atoms with Gasteiger partial charge in [0.1, 0.15) is 17.6 Å². The quantitative estimate of drug-likeness (QED) is 0.460. The van der Waals surface area contributed by atoms with Gasteiger partial charge in [0.15, 0.2) is 0 Å². The van der Waals surface area contributed by atoms with E-state index < -0.39 is 10.9 Å². The summed E-state index contributed by atoms with van der Waals surface area (Å²) in [6, 6.07) is 1.02. The molecule has 0 aliphatic heterocycles. The molecular weight excluding hydrogens is 250 g/mol. The second-order valence-electron chi connectivity index (χ2n) is 3.86. The number of hydrogen-bond donors (Lipinski definition) is 1. The highest BCUT2D eigenvalue weighted by Crippen LogP contribution is 2.22. The number of carboxylic acid groups (broad SMARTS) is 1. The van der Waals surface area contributed by atoms with Crippen LogP contribution >= 0.6 is 0 Å². The molecule has 102 valence electrons. The lowest BCUT2D eigenvalue weighted by molar-refractivity contribution is -0.385. The number of pyridine rings is 1. The fraction of sp³-hybridized carbons (Fsp3) is 0.333. The Labute approximate surface area is 110 Å². The Morgan fingerprint density at radius 1 is 1.68 bits per heavy atom. The number of carbonyl (C=O) groups is 1. The van der Waals surface area contributed by atoms with Gasteiger partial charge in [-0.1, -0.05) is 13.0 Å². The summed E-state index contributed by atoms with van der Waals surface area (Å²) in [7, 11) is 0. The van der Waals surface area contributed by atoms with Gasteiger partial charge in [-0.25, -0.2) is 9.78 Å². The first-order valence-corrected chi connectivity index (χ1v) is 5.74. The van der Waals surface area contributed by atoms with E-state index in [1.54, 1.807) is 11.0 Å². The number of nitro groups is 1. The molecule has 1 aromatic rings. The van der Waals surface area contributed by atoms with E-state index in [0.717, 1.165) is 18.7 Å². The predicted molar refractivity (Wildman–Crippen MR) is 70.6 cm³/mol. The maximum absolute atomic E-state index is 11.2. The number of carboxylic acids is 1. The van der Waals surface area contributed by atoms with Crippen molar-refractivity contribution in [3.8, 4) is 0 Å². The Bertz CT molecular complexity index is 502. The molecule has 0 aromatic carbocycles. The zero-order chi connectivity index (χ0) is 14.4. The van der Waals surface area contributed by atoms with Gasteiger partial charge in [0.05, 0.1) is 4.92 Å². The number of anilines is 1. The van der Waals surface area contributed by atoms with Crippen LogP contribution in [-0.2, 0) is 0 Å². The van der Waals surface area contributed by atoms with Crippen molar-refractivity contribution in [1.29, 1.82) is 0 Å². The van der Waals surface area contributed by atoms with Crippen molar-refractivity contribution in [2.24, 2.45) is 0 Å². The average Bonchev–Trinajstić information content (AvgIpc) is 2.37. The lowest BCUT2D eigenvalue weighted by atomic mass is 10.2. The lowest BCUT2D eigenvalue weighted by Gasteiger charge is -2.22. The van der Waals surface area contributed by atoms with Crippen LogP contribution in [0, 0.1) is 10.1 Å². The first-order chi connectivity index (χ1) is 9.01. The summed E-state index contributed by atoms with van der Waals surface area (Å²) in [4.78, 5) is 26.8. The average molecular weight is 265 g/mol. The summed E-state index contributed by atoms with van der Waals surface area (Å²) in [6.45, 7) is 6.57. The standard InChI is InChI=1S/C12H15N3O4/c1-3-5-14(6-4-2)11-10(12(16)17)7-9(8-13-11)15(18)19/h3,7-8H,1,4-6H2,2H3,(H,16,17). The molecule has 0 aliphatic rings. The zero-order valence-corrected chi connectivity index (χ0v) is 10.6. The molecule has 0 bridgehead atoms. The summed E-state index contributed by atoms with van der Waals surface area (Å²) in [5.41, 5.74) is -0.513. The summed E-state index contributed by atoms with van der Waals surface area (Å²) in [6.07, 6.45) is 3.49. The largest absolute Gasteiger partial charge is 0.478 e. The van der Waals surface area contributed by atoms with Gasteiger partial charge >= 0.3 is 5.97 Å². The van der Waals surface area contributed by atoms with Crippen molar-refractivity contribution in [2.45, 2.75) is 13.3 Å². The second-order valence-corrected chi connectivity index (χ2v) is 3.86. The van der Waals surface area contributed by atoms with Gasteiger partial charge in [0, 0.05) is 19.2 Å². The molecule has 0 radical (unpaired) electrons. The molecule has 7 nitrogen and oxygen atoms in total. The summed E-state index contributed by atoms with van der Waals surface area (Å²) in [5, 5.41) is 19.8. The number of nitrogens with zero attached hydrogens (tertiary/aromatic N) is 3. The van der Waals surface area contributed by atoms with Crippen molar-refractivity contribution in [3.05, 3.63) is 40.6 Å². The highest BCUT2D eigenvalue weighted by molar-refractivity contribution is 5.94. The summed E-state index contributed by atoms with van der Waals surface area (Å²) < 4.78 is 0. The van der Waals surface area contributed by atoms with Gasteiger partial charge in [-0.15, -0.1) is 6.58 Å². The van der Waals surface area contributed by atoms with Crippen LogP contribution in [0.4, 0.5) is 11.5 Å². The maximum Gasteiger partial charge on any atom is 0.339 e. The molecule has 0 spiro atoms. The molecule has 0 unspecified atom stereocenters. The zero-order valence-electron chi connectivity index (χ0n) is 10.6. The minimum Gasteiger partial charge on any atom is -0.478 e. The summed E-state index contributed by atoms with van der Waals surface area (Å²) >= 11 is 0. The van der Waals surface area contributed by atoms with Crippen LogP contribution in [0.5, 0.6) is 0 Å². The third kappa shape index (κ3) is 3.51. The number of hydrogen-bond acceptors (Lipinski definition) is 5. The molecule has 0 fully saturated rings. The van der Waals surface area contributed by atoms with Crippen molar-refractivity contribution in [3.63, 3.8) is 0 Å². The third-order valence-corrected chi connectivity index (χ3v) is 2.44. The van der Waals surface area contributed by atoms with Crippen molar-refractivity contribution in [1.82, 2.24) is 4.98 Å². The second kappa shape index (κ2) is 6.48. The molecule has 19 heavy (non-hydrogen) atoms. The molecule has 1 aromatic heterocycles. The van der Waals surface area contributed by atoms with Crippen LogP contribution in [0.3, 0.4) is 0 Å². The smallest absolute Gasteiger partial charge is 0.339 e. The van der Waals surface area contributed by atoms with Gasteiger partial charge in [0.25, 0.3) is 5.69 Å². The molecule has 0 aliphatic carbocycles. The molecule has 0 saturated heterocycles. The Balaban J connectivity index is 3.27. The minimum absolute atomic E-state index is 0.176. The Morgan fingerprint density at radius 2 is 2.37 bits per heavy atom. The van der Waals surface area contributed by atoms with Crippen molar-refractivity contribution < 1.29 is 14.8 Å². The van der Waals surface area contributed by atoms with Gasteiger partial charge in [-0.2, -0.15) is 0 Å². The van der Waals surface area contributed by atoms with Crippen LogP contribution in [0.2, 0.25) is 0 Å². The van der Waals surface area contributed by atoms with E-state index in [4.69, 9.17) is 5.11 Å². The highest BCUT2D eigenvalue weighted by atomic mass is 16.6. The van der Waals surface area contributed by atoms with Gasteiger partial charge < -0.3 is 10.0 Å². The van der Waals surface area contributed by atoms with E-state index in [2.05, 4.69) is 11.6 Å². The van der Waals surface area contributed by atoms with E-state index in [1.165, 1.54) is 0 Å². The van der Waals surface area contributed by atoms with E-state index in [0.29, 0.717) is 13.1 Å². The number of aromatic carboxylic acids is 1. The molecule has 1 rings (SSSR count). The molecule has 1 heterocycles. The number of aromatic nitrogens is 1.